The molecule has 0 unspecified atom stereocenters. The van der Waals surface area contributed by atoms with E-state index in [0.29, 0.717) is 11.8 Å². The lowest BCUT2D eigenvalue weighted by molar-refractivity contribution is -0.132. The molecule has 1 fully saturated rings. The summed E-state index contributed by atoms with van der Waals surface area (Å²) in [6.07, 6.45) is 9.23. The summed E-state index contributed by atoms with van der Waals surface area (Å²) < 4.78 is 2.04. The van der Waals surface area contributed by atoms with Crippen molar-refractivity contribution in [2.75, 3.05) is 13.1 Å². The molecule has 4 heteroatoms. The van der Waals surface area contributed by atoms with Crippen molar-refractivity contribution >= 4 is 5.91 Å². The smallest absolute Gasteiger partial charge is 0.226 e. The molecule has 112 valence electrons. The average molecular weight is 277 g/mol. The summed E-state index contributed by atoms with van der Waals surface area (Å²) in [5.41, 5.74) is 1.20. The third-order valence-electron chi connectivity index (χ3n) is 4.22. The molecule has 0 radical (unpaired) electrons. The number of carbonyl (C=O) groups is 1. The standard InChI is InChI=1S/C16H27N3O/c1-4-6-8-19(9-7-5-2)16(20)14-10-13(14)15-11-17-12-18(15)3/h11-14H,4-10H2,1-3H3/t13-,14-/m1/s1. The molecular formula is C16H27N3O. The Morgan fingerprint density at radius 1 is 1.35 bits per heavy atom. The monoisotopic (exact) mass is 277 g/mol. The summed E-state index contributed by atoms with van der Waals surface area (Å²) in [4.78, 5) is 18.9. The fraction of sp³-hybridized carbons (Fsp3) is 0.750. The maximum absolute atomic E-state index is 12.6. The largest absolute Gasteiger partial charge is 0.342 e. The zero-order chi connectivity index (χ0) is 14.5. The van der Waals surface area contributed by atoms with Gasteiger partial charge in [-0.2, -0.15) is 0 Å². The summed E-state index contributed by atoms with van der Waals surface area (Å²) in [7, 11) is 2.01. The van der Waals surface area contributed by atoms with Gasteiger partial charge < -0.3 is 9.47 Å². The van der Waals surface area contributed by atoms with Crippen LogP contribution in [0.1, 0.15) is 57.6 Å². The van der Waals surface area contributed by atoms with Gasteiger partial charge >= 0.3 is 0 Å². The Morgan fingerprint density at radius 3 is 2.50 bits per heavy atom. The highest BCUT2D eigenvalue weighted by atomic mass is 16.2. The van der Waals surface area contributed by atoms with Crippen LogP contribution in [-0.4, -0.2) is 33.4 Å². The van der Waals surface area contributed by atoms with Crippen LogP contribution in [0.2, 0.25) is 0 Å². The quantitative estimate of drug-likeness (QED) is 0.732. The van der Waals surface area contributed by atoms with Crippen molar-refractivity contribution in [3.8, 4) is 0 Å². The van der Waals surface area contributed by atoms with Crippen molar-refractivity contribution in [3.63, 3.8) is 0 Å². The number of nitrogens with zero attached hydrogens (tertiary/aromatic N) is 3. The molecule has 4 nitrogen and oxygen atoms in total. The minimum absolute atomic E-state index is 0.194. The number of unbranched alkanes of at least 4 members (excludes halogenated alkanes) is 2. The second kappa shape index (κ2) is 6.91. The van der Waals surface area contributed by atoms with Crippen LogP contribution < -0.4 is 0 Å². The van der Waals surface area contributed by atoms with E-state index in [1.165, 1.54) is 5.69 Å². The fourth-order valence-electron chi connectivity index (χ4n) is 2.78. The normalized spacial score (nSPS) is 20.9. The first-order valence-corrected chi connectivity index (χ1v) is 7.94. The fourth-order valence-corrected chi connectivity index (χ4v) is 2.78. The van der Waals surface area contributed by atoms with E-state index in [4.69, 9.17) is 0 Å². The van der Waals surface area contributed by atoms with Crippen molar-refractivity contribution in [1.82, 2.24) is 14.5 Å². The molecule has 1 aliphatic rings. The Kier molecular flexibility index (Phi) is 5.21. The van der Waals surface area contributed by atoms with Crippen LogP contribution in [0.15, 0.2) is 12.5 Å². The van der Waals surface area contributed by atoms with E-state index in [1.807, 2.05) is 24.1 Å². The topological polar surface area (TPSA) is 38.1 Å². The first-order valence-electron chi connectivity index (χ1n) is 7.94. The molecule has 0 bridgehead atoms. The van der Waals surface area contributed by atoms with E-state index in [1.54, 1.807) is 0 Å². The van der Waals surface area contributed by atoms with Gasteiger partial charge in [0.05, 0.1) is 6.33 Å². The predicted molar refractivity (Wildman–Crippen MR) is 80.5 cm³/mol. The van der Waals surface area contributed by atoms with Gasteiger partial charge in [-0.25, -0.2) is 4.98 Å². The molecule has 1 aliphatic carbocycles. The van der Waals surface area contributed by atoms with Crippen LogP contribution in [0.3, 0.4) is 0 Å². The van der Waals surface area contributed by atoms with Crippen LogP contribution in [0.5, 0.6) is 0 Å². The number of imidazole rings is 1. The Morgan fingerprint density at radius 2 is 2.00 bits per heavy atom. The molecule has 0 N–H and O–H groups in total. The van der Waals surface area contributed by atoms with Gasteiger partial charge in [0, 0.05) is 43.9 Å². The first-order chi connectivity index (χ1) is 9.69. The molecule has 0 aliphatic heterocycles. The van der Waals surface area contributed by atoms with E-state index in [9.17, 15) is 4.79 Å². The maximum Gasteiger partial charge on any atom is 0.226 e. The predicted octanol–water partition coefficient (Wildman–Crippen LogP) is 2.95. The molecule has 0 spiro atoms. The van der Waals surface area contributed by atoms with E-state index in [0.717, 1.165) is 45.2 Å². The third-order valence-corrected chi connectivity index (χ3v) is 4.22. The van der Waals surface area contributed by atoms with Gasteiger partial charge in [0.2, 0.25) is 5.91 Å². The van der Waals surface area contributed by atoms with Crippen LogP contribution >= 0.6 is 0 Å². The van der Waals surface area contributed by atoms with Crippen molar-refractivity contribution < 1.29 is 4.79 Å². The van der Waals surface area contributed by atoms with Crippen LogP contribution in [0.25, 0.3) is 0 Å². The van der Waals surface area contributed by atoms with Crippen LogP contribution in [0.4, 0.5) is 0 Å². The summed E-state index contributed by atoms with van der Waals surface area (Å²) in [5, 5.41) is 0. The van der Waals surface area contributed by atoms with Crippen molar-refractivity contribution in [2.24, 2.45) is 13.0 Å². The second-order valence-electron chi connectivity index (χ2n) is 5.91. The minimum atomic E-state index is 0.194. The van der Waals surface area contributed by atoms with Gasteiger partial charge in [-0.15, -0.1) is 0 Å². The first kappa shape index (κ1) is 15.1. The summed E-state index contributed by atoms with van der Waals surface area (Å²) in [6, 6.07) is 0. The number of amides is 1. The van der Waals surface area contributed by atoms with E-state index < -0.39 is 0 Å². The van der Waals surface area contributed by atoms with Gasteiger partial charge in [0.15, 0.2) is 0 Å². The number of aromatic nitrogens is 2. The molecule has 0 saturated heterocycles. The number of rotatable bonds is 8. The lowest BCUT2D eigenvalue weighted by atomic mass is 10.2. The average Bonchev–Trinajstić information content (AvgIpc) is 3.13. The van der Waals surface area contributed by atoms with E-state index in [2.05, 4.69) is 23.7 Å². The zero-order valence-corrected chi connectivity index (χ0v) is 13.0. The van der Waals surface area contributed by atoms with Gasteiger partial charge in [0.25, 0.3) is 0 Å². The number of hydrogen-bond donors (Lipinski definition) is 0. The third kappa shape index (κ3) is 3.41. The zero-order valence-electron chi connectivity index (χ0n) is 13.0. The summed E-state index contributed by atoms with van der Waals surface area (Å²) in [6.45, 7) is 6.20. The summed E-state index contributed by atoms with van der Waals surface area (Å²) in [5.74, 6) is 0.943. The Bertz CT molecular complexity index is 433. The highest BCUT2D eigenvalue weighted by molar-refractivity contribution is 5.82. The molecule has 1 aromatic heterocycles. The van der Waals surface area contributed by atoms with Crippen LogP contribution in [-0.2, 0) is 11.8 Å². The minimum Gasteiger partial charge on any atom is -0.342 e. The number of hydrogen-bond acceptors (Lipinski definition) is 2. The van der Waals surface area contributed by atoms with E-state index in [-0.39, 0.29) is 5.92 Å². The number of carbonyl (C=O) groups excluding carboxylic acids is 1. The molecule has 1 heterocycles. The highest BCUT2D eigenvalue weighted by Gasteiger charge is 2.46. The van der Waals surface area contributed by atoms with Gasteiger partial charge in [-0.05, 0) is 19.3 Å². The number of aryl methyl sites for hydroxylation is 1. The van der Waals surface area contributed by atoms with Gasteiger partial charge in [-0.1, -0.05) is 26.7 Å². The molecule has 0 aromatic carbocycles. The molecular weight excluding hydrogens is 250 g/mol. The van der Waals surface area contributed by atoms with Gasteiger partial charge in [-0.3, -0.25) is 4.79 Å². The lowest BCUT2D eigenvalue weighted by Gasteiger charge is -2.22. The Hall–Kier alpha value is -1.32. The molecule has 1 saturated carbocycles. The summed E-state index contributed by atoms with van der Waals surface area (Å²) >= 11 is 0. The molecule has 20 heavy (non-hydrogen) atoms. The van der Waals surface area contributed by atoms with Crippen molar-refractivity contribution in [3.05, 3.63) is 18.2 Å². The molecule has 2 rings (SSSR count). The Labute approximate surface area is 122 Å². The molecule has 2 atom stereocenters. The van der Waals surface area contributed by atoms with Crippen LogP contribution in [0, 0.1) is 5.92 Å². The second-order valence-corrected chi connectivity index (χ2v) is 5.91. The van der Waals surface area contributed by atoms with E-state index >= 15 is 0 Å². The lowest BCUT2D eigenvalue weighted by Crippen LogP contribution is -2.34. The maximum atomic E-state index is 12.6. The van der Waals surface area contributed by atoms with Crippen molar-refractivity contribution in [1.29, 1.82) is 0 Å². The SMILES string of the molecule is CCCCN(CCCC)C(=O)[C@@H]1C[C@H]1c1cncn1C. The molecule has 1 aromatic rings. The van der Waals surface area contributed by atoms with Crippen molar-refractivity contribution in [2.45, 2.75) is 51.9 Å². The molecule has 1 amide bonds. The van der Waals surface area contributed by atoms with Gasteiger partial charge in [0.1, 0.15) is 0 Å². The Balaban J connectivity index is 1.93. The highest BCUT2D eigenvalue weighted by Crippen LogP contribution is 2.48.